The van der Waals surface area contributed by atoms with Crippen molar-refractivity contribution in [2.45, 2.75) is 44.2 Å². The van der Waals surface area contributed by atoms with Crippen molar-refractivity contribution in [1.82, 2.24) is 5.32 Å². The molecule has 2 aliphatic rings. The number of rotatable bonds is 3. The Bertz CT molecular complexity index is 145. The summed E-state index contributed by atoms with van der Waals surface area (Å²) in [5.41, 5.74) is 0. The van der Waals surface area contributed by atoms with E-state index < -0.39 is 0 Å². The third kappa shape index (κ3) is 1.64. The van der Waals surface area contributed by atoms with Gasteiger partial charge in [-0.3, -0.25) is 0 Å². The van der Waals surface area contributed by atoms with Crippen molar-refractivity contribution in [2.75, 3.05) is 13.7 Å². The quantitative estimate of drug-likeness (QED) is 0.692. The second kappa shape index (κ2) is 3.75. The molecule has 1 N–H and O–H groups in total. The van der Waals surface area contributed by atoms with E-state index in [1.165, 1.54) is 32.1 Å². The van der Waals surface area contributed by atoms with Crippen molar-refractivity contribution in [1.29, 1.82) is 0 Å². The van der Waals surface area contributed by atoms with Gasteiger partial charge in [-0.05, 0) is 31.6 Å². The Morgan fingerprint density at radius 1 is 1.25 bits per heavy atom. The van der Waals surface area contributed by atoms with Crippen LogP contribution < -0.4 is 5.32 Å². The molecule has 12 heavy (non-hydrogen) atoms. The number of hydrogen-bond acceptors (Lipinski definition) is 2. The largest absolute Gasteiger partial charge is 0.383 e. The summed E-state index contributed by atoms with van der Waals surface area (Å²) < 4.78 is 5.14. The Labute approximate surface area is 74.7 Å². The molecule has 2 unspecified atom stereocenters. The average Bonchev–Trinajstić information content (AvgIpc) is 2.34. The van der Waals surface area contributed by atoms with E-state index in [9.17, 15) is 0 Å². The molecule has 2 nitrogen and oxygen atoms in total. The summed E-state index contributed by atoms with van der Waals surface area (Å²) in [4.78, 5) is 0. The van der Waals surface area contributed by atoms with Gasteiger partial charge < -0.3 is 10.1 Å². The Morgan fingerprint density at radius 2 is 2.08 bits per heavy atom. The molecule has 0 amide bonds. The molecule has 2 fully saturated rings. The van der Waals surface area contributed by atoms with Crippen LogP contribution in [0.2, 0.25) is 0 Å². The maximum atomic E-state index is 5.14. The number of hydrogen-bond donors (Lipinski definition) is 1. The highest BCUT2D eigenvalue weighted by Gasteiger charge is 2.32. The summed E-state index contributed by atoms with van der Waals surface area (Å²) in [5, 5.41) is 3.67. The highest BCUT2D eigenvalue weighted by molar-refractivity contribution is 4.90. The molecule has 0 aromatic heterocycles. The lowest BCUT2D eigenvalue weighted by Gasteiger charge is -2.31. The number of methoxy groups -OCH3 is 1. The first kappa shape index (κ1) is 8.52. The monoisotopic (exact) mass is 169 g/mol. The van der Waals surface area contributed by atoms with Gasteiger partial charge in [0.15, 0.2) is 0 Å². The minimum absolute atomic E-state index is 0.639. The van der Waals surface area contributed by atoms with Gasteiger partial charge in [0.25, 0.3) is 0 Å². The van der Waals surface area contributed by atoms with Gasteiger partial charge in [-0.1, -0.05) is 6.42 Å². The normalized spacial score (nSPS) is 36.8. The molecule has 2 rings (SSSR count). The standard InChI is InChI=1S/C10H19NO/c1-12-7-9-5-6-10(11-9)8-3-2-4-8/h8-11H,2-7H2,1H3. The summed E-state index contributed by atoms with van der Waals surface area (Å²) in [6, 6.07) is 1.46. The average molecular weight is 169 g/mol. The van der Waals surface area contributed by atoms with Crippen LogP contribution in [0.15, 0.2) is 0 Å². The topological polar surface area (TPSA) is 21.3 Å². The van der Waals surface area contributed by atoms with E-state index in [-0.39, 0.29) is 0 Å². The maximum Gasteiger partial charge on any atom is 0.0615 e. The van der Waals surface area contributed by atoms with Crippen LogP contribution in [0.25, 0.3) is 0 Å². The zero-order valence-electron chi connectivity index (χ0n) is 7.88. The third-order valence-electron chi connectivity index (χ3n) is 3.36. The van der Waals surface area contributed by atoms with E-state index in [0.717, 1.165) is 18.6 Å². The fourth-order valence-electron chi connectivity index (χ4n) is 2.40. The zero-order chi connectivity index (χ0) is 8.39. The molecule has 1 saturated heterocycles. The minimum Gasteiger partial charge on any atom is -0.383 e. The Hall–Kier alpha value is -0.0800. The van der Waals surface area contributed by atoms with Crippen molar-refractivity contribution in [2.24, 2.45) is 5.92 Å². The lowest BCUT2D eigenvalue weighted by molar-refractivity contribution is 0.164. The SMILES string of the molecule is COCC1CCC(C2CCC2)N1. The first-order chi connectivity index (χ1) is 5.90. The summed E-state index contributed by atoms with van der Waals surface area (Å²) in [6.45, 7) is 0.892. The fraction of sp³-hybridized carbons (Fsp3) is 1.00. The summed E-state index contributed by atoms with van der Waals surface area (Å²) in [7, 11) is 1.79. The second-order valence-corrected chi connectivity index (χ2v) is 4.19. The highest BCUT2D eigenvalue weighted by atomic mass is 16.5. The molecule has 1 aliphatic carbocycles. The molecule has 70 valence electrons. The van der Waals surface area contributed by atoms with Gasteiger partial charge >= 0.3 is 0 Å². The van der Waals surface area contributed by atoms with Gasteiger partial charge in [-0.15, -0.1) is 0 Å². The Morgan fingerprint density at radius 3 is 2.67 bits per heavy atom. The second-order valence-electron chi connectivity index (χ2n) is 4.19. The molecule has 0 spiro atoms. The van der Waals surface area contributed by atoms with Gasteiger partial charge in [0.05, 0.1) is 6.61 Å². The van der Waals surface area contributed by atoms with Crippen molar-refractivity contribution in [3.63, 3.8) is 0 Å². The molecule has 1 saturated carbocycles. The van der Waals surface area contributed by atoms with Gasteiger partial charge in [0.2, 0.25) is 0 Å². The Balaban J connectivity index is 1.73. The van der Waals surface area contributed by atoms with Crippen LogP contribution in [0, 0.1) is 5.92 Å². The molecule has 0 bridgehead atoms. The Kier molecular flexibility index (Phi) is 2.66. The van der Waals surface area contributed by atoms with E-state index in [1.54, 1.807) is 7.11 Å². The maximum absolute atomic E-state index is 5.14. The number of ether oxygens (including phenoxy) is 1. The molecule has 1 aliphatic heterocycles. The fourth-order valence-corrected chi connectivity index (χ4v) is 2.40. The van der Waals surface area contributed by atoms with E-state index in [2.05, 4.69) is 5.32 Å². The van der Waals surface area contributed by atoms with Crippen LogP contribution in [0.5, 0.6) is 0 Å². The van der Waals surface area contributed by atoms with Crippen molar-refractivity contribution in [3.8, 4) is 0 Å². The molecule has 0 aromatic rings. The van der Waals surface area contributed by atoms with Crippen LogP contribution in [-0.4, -0.2) is 25.8 Å². The van der Waals surface area contributed by atoms with Gasteiger partial charge in [0, 0.05) is 19.2 Å². The predicted octanol–water partition coefficient (Wildman–Crippen LogP) is 1.55. The predicted molar refractivity (Wildman–Crippen MR) is 49.2 cm³/mol. The smallest absolute Gasteiger partial charge is 0.0615 e. The molecule has 2 heteroatoms. The van der Waals surface area contributed by atoms with Crippen LogP contribution >= 0.6 is 0 Å². The van der Waals surface area contributed by atoms with Gasteiger partial charge in [-0.2, -0.15) is 0 Å². The summed E-state index contributed by atoms with van der Waals surface area (Å²) in [6.07, 6.45) is 7.06. The molecular weight excluding hydrogens is 150 g/mol. The van der Waals surface area contributed by atoms with Crippen LogP contribution in [0.1, 0.15) is 32.1 Å². The lowest BCUT2D eigenvalue weighted by atomic mass is 9.79. The van der Waals surface area contributed by atoms with E-state index in [1.807, 2.05) is 0 Å². The van der Waals surface area contributed by atoms with Crippen molar-refractivity contribution in [3.05, 3.63) is 0 Å². The number of nitrogens with one attached hydrogen (secondary N) is 1. The molecule has 2 atom stereocenters. The van der Waals surface area contributed by atoms with E-state index in [4.69, 9.17) is 4.74 Å². The molecule has 0 radical (unpaired) electrons. The zero-order valence-corrected chi connectivity index (χ0v) is 7.88. The molecular formula is C10H19NO. The first-order valence-corrected chi connectivity index (χ1v) is 5.15. The summed E-state index contributed by atoms with van der Waals surface area (Å²) >= 11 is 0. The molecule has 1 heterocycles. The van der Waals surface area contributed by atoms with Crippen molar-refractivity contribution >= 4 is 0 Å². The van der Waals surface area contributed by atoms with Crippen molar-refractivity contribution < 1.29 is 4.74 Å². The highest BCUT2D eigenvalue weighted by Crippen LogP contribution is 2.34. The van der Waals surface area contributed by atoms with Gasteiger partial charge in [-0.25, -0.2) is 0 Å². The first-order valence-electron chi connectivity index (χ1n) is 5.15. The van der Waals surface area contributed by atoms with Crippen LogP contribution in [-0.2, 0) is 4.74 Å². The third-order valence-corrected chi connectivity index (χ3v) is 3.36. The minimum atomic E-state index is 0.639. The van der Waals surface area contributed by atoms with Crippen LogP contribution in [0.4, 0.5) is 0 Å². The summed E-state index contributed by atoms with van der Waals surface area (Å²) in [5.74, 6) is 0.992. The van der Waals surface area contributed by atoms with Crippen LogP contribution in [0.3, 0.4) is 0 Å². The molecule has 0 aromatic carbocycles. The van der Waals surface area contributed by atoms with E-state index >= 15 is 0 Å². The van der Waals surface area contributed by atoms with Gasteiger partial charge in [0.1, 0.15) is 0 Å². The van der Waals surface area contributed by atoms with E-state index in [0.29, 0.717) is 6.04 Å². The lowest BCUT2D eigenvalue weighted by Crippen LogP contribution is -2.39.